The van der Waals surface area contributed by atoms with Crippen molar-refractivity contribution < 1.29 is 14.3 Å². The molecule has 0 aliphatic carbocycles. The number of anilines is 1. The summed E-state index contributed by atoms with van der Waals surface area (Å²) < 4.78 is 11.2. The number of hydrogen-bond donors (Lipinski definition) is 0. The lowest BCUT2D eigenvalue weighted by atomic mass is 10.2. The van der Waals surface area contributed by atoms with Crippen LogP contribution in [0.1, 0.15) is 0 Å². The van der Waals surface area contributed by atoms with Gasteiger partial charge in [-0.2, -0.15) is 0 Å². The van der Waals surface area contributed by atoms with E-state index in [9.17, 15) is 4.79 Å². The summed E-state index contributed by atoms with van der Waals surface area (Å²) in [6.45, 7) is 0.804. The number of carbonyl (C=O) groups excluding carboxylic acids is 1. The van der Waals surface area contributed by atoms with Crippen LogP contribution in [-0.2, 0) is 4.74 Å². The van der Waals surface area contributed by atoms with Crippen molar-refractivity contribution in [2.75, 3.05) is 18.1 Å². The van der Waals surface area contributed by atoms with Gasteiger partial charge in [0.05, 0.1) is 12.1 Å². The second-order valence-corrected chi connectivity index (χ2v) is 5.62. The number of hydrogen-bond acceptors (Lipinski definition) is 4. The lowest BCUT2D eigenvalue weighted by Gasteiger charge is -2.13. The van der Waals surface area contributed by atoms with Gasteiger partial charge >= 0.3 is 6.09 Å². The third kappa shape index (κ3) is 2.88. The maximum absolute atomic E-state index is 12.0. The number of para-hydroxylation sites is 1. The highest BCUT2D eigenvalue weighted by Gasteiger charge is 2.32. The summed E-state index contributed by atoms with van der Waals surface area (Å²) in [5, 5.41) is 1.02. The van der Waals surface area contributed by atoms with Crippen molar-refractivity contribution in [2.24, 2.45) is 0 Å². The first kappa shape index (κ1) is 14.5. The van der Waals surface area contributed by atoms with E-state index in [1.54, 1.807) is 11.1 Å². The molecule has 1 saturated heterocycles. The first-order valence-electron chi connectivity index (χ1n) is 7.80. The highest BCUT2D eigenvalue weighted by molar-refractivity contribution is 5.89. The molecule has 1 atom stereocenters. The van der Waals surface area contributed by atoms with Gasteiger partial charge in [0, 0.05) is 17.3 Å². The number of aromatic nitrogens is 1. The molecule has 1 aliphatic rings. The molecule has 5 heteroatoms. The number of carbonyl (C=O) groups is 1. The van der Waals surface area contributed by atoms with Gasteiger partial charge in [-0.1, -0.05) is 24.3 Å². The summed E-state index contributed by atoms with van der Waals surface area (Å²) in [6, 6.07) is 19.1. The van der Waals surface area contributed by atoms with Crippen molar-refractivity contribution in [3.63, 3.8) is 0 Å². The van der Waals surface area contributed by atoms with E-state index in [0.29, 0.717) is 13.2 Å². The third-order valence-electron chi connectivity index (χ3n) is 3.95. The summed E-state index contributed by atoms with van der Waals surface area (Å²) >= 11 is 0. The highest BCUT2D eigenvalue weighted by atomic mass is 16.6. The molecule has 2 heterocycles. The predicted molar refractivity (Wildman–Crippen MR) is 91.3 cm³/mol. The molecule has 5 nitrogen and oxygen atoms in total. The Kier molecular flexibility index (Phi) is 3.75. The molecule has 1 aliphatic heterocycles. The van der Waals surface area contributed by atoms with E-state index in [-0.39, 0.29) is 12.2 Å². The summed E-state index contributed by atoms with van der Waals surface area (Å²) in [4.78, 5) is 17.9. The monoisotopic (exact) mass is 320 g/mol. The van der Waals surface area contributed by atoms with Gasteiger partial charge < -0.3 is 9.47 Å². The summed E-state index contributed by atoms with van der Waals surface area (Å²) in [5.41, 5.74) is 1.76. The van der Waals surface area contributed by atoms with E-state index in [2.05, 4.69) is 4.98 Å². The Balaban J connectivity index is 1.42. The van der Waals surface area contributed by atoms with Gasteiger partial charge in [0.1, 0.15) is 12.4 Å². The first-order valence-corrected chi connectivity index (χ1v) is 7.80. The fourth-order valence-corrected chi connectivity index (χ4v) is 2.76. The van der Waals surface area contributed by atoms with Crippen molar-refractivity contribution >= 4 is 22.7 Å². The van der Waals surface area contributed by atoms with Crippen LogP contribution < -0.4 is 9.64 Å². The van der Waals surface area contributed by atoms with Crippen LogP contribution in [0.15, 0.2) is 66.9 Å². The van der Waals surface area contributed by atoms with Gasteiger partial charge in [0.2, 0.25) is 0 Å². The molecule has 0 bridgehead atoms. The Bertz CT molecular complexity index is 867. The molecule has 1 unspecified atom stereocenters. The van der Waals surface area contributed by atoms with E-state index in [1.807, 2.05) is 60.7 Å². The normalized spacial score (nSPS) is 17.1. The Hall–Kier alpha value is -3.08. The molecule has 0 radical (unpaired) electrons. The lowest BCUT2D eigenvalue weighted by Crippen LogP contribution is -2.26. The van der Waals surface area contributed by atoms with Crippen molar-refractivity contribution in [3.05, 3.63) is 66.9 Å². The second-order valence-electron chi connectivity index (χ2n) is 5.62. The average Bonchev–Trinajstić information content (AvgIpc) is 3.01. The molecule has 3 aromatic rings. The first-order chi connectivity index (χ1) is 11.8. The maximum Gasteiger partial charge on any atom is 0.414 e. The number of ether oxygens (including phenoxy) is 2. The van der Waals surface area contributed by atoms with E-state index in [1.165, 1.54) is 0 Å². The SMILES string of the molecule is O=C1OC(COc2ccc3ncccc3c2)CN1c1ccccc1. The zero-order valence-electron chi connectivity index (χ0n) is 13.0. The van der Waals surface area contributed by atoms with E-state index >= 15 is 0 Å². The van der Waals surface area contributed by atoms with Crippen LogP contribution in [0.4, 0.5) is 10.5 Å². The van der Waals surface area contributed by atoms with Crippen LogP contribution in [0, 0.1) is 0 Å². The van der Waals surface area contributed by atoms with Crippen LogP contribution in [0.25, 0.3) is 10.9 Å². The van der Waals surface area contributed by atoms with Gasteiger partial charge in [-0.25, -0.2) is 4.79 Å². The average molecular weight is 320 g/mol. The van der Waals surface area contributed by atoms with Gasteiger partial charge in [-0.15, -0.1) is 0 Å². The zero-order chi connectivity index (χ0) is 16.4. The Labute approximate surface area is 139 Å². The molecule has 1 aromatic heterocycles. The highest BCUT2D eigenvalue weighted by Crippen LogP contribution is 2.23. The number of cyclic esters (lactones) is 1. The number of pyridine rings is 1. The van der Waals surface area contributed by atoms with Crippen molar-refractivity contribution in [2.45, 2.75) is 6.10 Å². The summed E-state index contributed by atoms with van der Waals surface area (Å²) in [5.74, 6) is 0.740. The quantitative estimate of drug-likeness (QED) is 0.736. The fraction of sp³-hybridized carbons (Fsp3) is 0.158. The molecule has 0 spiro atoms. The molecule has 2 aromatic carbocycles. The van der Waals surface area contributed by atoms with Crippen molar-refractivity contribution in [1.82, 2.24) is 4.98 Å². The minimum atomic E-state index is -0.336. The van der Waals surface area contributed by atoms with Gasteiger partial charge in [-0.05, 0) is 36.4 Å². The van der Waals surface area contributed by atoms with Crippen LogP contribution in [0.2, 0.25) is 0 Å². The largest absolute Gasteiger partial charge is 0.490 e. The Morgan fingerprint density at radius 3 is 2.88 bits per heavy atom. The number of amides is 1. The smallest absolute Gasteiger partial charge is 0.414 e. The predicted octanol–water partition coefficient (Wildman–Crippen LogP) is 3.64. The second kappa shape index (κ2) is 6.20. The molecule has 1 amide bonds. The zero-order valence-corrected chi connectivity index (χ0v) is 13.0. The minimum absolute atomic E-state index is 0.290. The minimum Gasteiger partial charge on any atom is -0.490 e. The van der Waals surface area contributed by atoms with Gasteiger partial charge in [0.25, 0.3) is 0 Å². The number of nitrogens with zero attached hydrogens (tertiary/aromatic N) is 2. The van der Waals surface area contributed by atoms with Crippen molar-refractivity contribution in [3.8, 4) is 5.75 Å². The molecule has 0 saturated carbocycles. The van der Waals surface area contributed by atoms with Crippen molar-refractivity contribution in [1.29, 1.82) is 0 Å². The van der Waals surface area contributed by atoms with Crippen LogP contribution in [-0.4, -0.2) is 30.3 Å². The standard InChI is InChI=1S/C19H16N2O3/c22-19-21(15-6-2-1-3-7-15)12-17(24-19)13-23-16-8-9-18-14(11-16)5-4-10-20-18/h1-11,17H,12-13H2. The van der Waals surface area contributed by atoms with E-state index in [4.69, 9.17) is 9.47 Å². The molecule has 120 valence electrons. The van der Waals surface area contributed by atoms with Crippen LogP contribution >= 0.6 is 0 Å². The van der Waals surface area contributed by atoms with Gasteiger partial charge in [-0.3, -0.25) is 9.88 Å². The molecule has 0 N–H and O–H groups in total. The summed E-state index contributed by atoms with van der Waals surface area (Å²) in [7, 11) is 0. The third-order valence-corrected chi connectivity index (χ3v) is 3.95. The molecule has 4 rings (SSSR count). The van der Waals surface area contributed by atoms with Gasteiger partial charge in [0.15, 0.2) is 6.10 Å². The lowest BCUT2D eigenvalue weighted by molar-refractivity contribution is 0.105. The van der Waals surface area contributed by atoms with Crippen LogP contribution in [0.3, 0.4) is 0 Å². The summed E-state index contributed by atoms with van der Waals surface area (Å²) in [6.07, 6.45) is 1.14. The molecule has 1 fully saturated rings. The topological polar surface area (TPSA) is 51.7 Å². The molecule has 24 heavy (non-hydrogen) atoms. The van der Waals surface area contributed by atoms with Crippen LogP contribution in [0.5, 0.6) is 5.75 Å². The Morgan fingerprint density at radius 1 is 1.12 bits per heavy atom. The molecular weight excluding hydrogens is 304 g/mol. The maximum atomic E-state index is 12.0. The number of fused-ring (bicyclic) bond motifs is 1. The Morgan fingerprint density at radius 2 is 2.00 bits per heavy atom. The number of rotatable bonds is 4. The van der Waals surface area contributed by atoms with E-state index < -0.39 is 0 Å². The molecular formula is C19H16N2O3. The number of benzene rings is 2. The fourth-order valence-electron chi connectivity index (χ4n) is 2.76. The van der Waals surface area contributed by atoms with E-state index in [0.717, 1.165) is 22.3 Å².